The van der Waals surface area contributed by atoms with E-state index in [0.717, 1.165) is 17.9 Å². The summed E-state index contributed by atoms with van der Waals surface area (Å²) in [5, 5.41) is 10.1. The molecule has 2 heterocycles. The van der Waals surface area contributed by atoms with Gasteiger partial charge in [-0.3, -0.25) is 0 Å². The highest BCUT2D eigenvalue weighted by atomic mass is 35.5. The molecular formula is C10H14ClN3O. The van der Waals surface area contributed by atoms with Crippen molar-refractivity contribution in [2.24, 2.45) is 0 Å². The molecule has 5 heteroatoms. The molecule has 0 spiro atoms. The first-order valence-electron chi connectivity index (χ1n) is 5.01. The SMILES string of the molecule is CCC1(O)CN(c2cc(C)nc(Cl)n2)C1. The maximum atomic E-state index is 9.87. The maximum absolute atomic E-state index is 9.87. The van der Waals surface area contributed by atoms with Crippen LogP contribution in [0.3, 0.4) is 0 Å². The summed E-state index contributed by atoms with van der Waals surface area (Å²) in [7, 11) is 0. The molecule has 0 radical (unpaired) electrons. The number of aromatic nitrogens is 2. The summed E-state index contributed by atoms with van der Waals surface area (Å²) in [6.07, 6.45) is 0.765. The van der Waals surface area contributed by atoms with E-state index in [1.165, 1.54) is 0 Å². The average Bonchev–Trinajstić information content (AvgIpc) is 2.11. The molecule has 1 fully saturated rings. The predicted octanol–water partition coefficient (Wildman–Crippen LogP) is 1.40. The van der Waals surface area contributed by atoms with Gasteiger partial charge in [-0.2, -0.15) is 0 Å². The molecule has 0 bridgehead atoms. The van der Waals surface area contributed by atoms with Gasteiger partial charge < -0.3 is 10.0 Å². The van der Waals surface area contributed by atoms with Crippen LogP contribution >= 0.6 is 11.6 Å². The van der Waals surface area contributed by atoms with Gasteiger partial charge in [0.1, 0.15) is 5.82 Å². The Morgan fingerprint density at radius 3 is 2.73 bits per heavy atom. The molecule has 1 aromatic heterocycles. The van der Waals surface area contributed by atoms with Gasteiger partial charge in [0, 0.05) is 24.8 Å². The lowest BCUT2D eigenvalue weighted by Gasteiger charge is -2.46. The number of aryl methyl sites for hydroxylation is 1. The van der Waals surface area contributed by atoms with Gasteiger partial charge in [-0.25, -0.2) is 9.97 Å². The number of halogens is 1. The molecule has 0 amide bonds. The van der Waals surface area contributed by atoms with Crippen molar-refractivity contribution in [2.75, 3.05) is 18.0 Å². The van der Waals surface area contributed by atoms with Gasteiger partial charge in [0.25, 0.3) is 0 Å². The van der Waals surface area contributed by atoms with E-state index in [9.17, 15) is 5.11 Å². The van der Waals surface area contributed by atoms with Crippen molar-refractivity contribution >= 4 is 17.4 Å². The maximum Gasteiger partial charge on any atom is 0.224 e. The molecule has 15 heavy (non-hydrogen) atoms. The first kappa shape index (κ1) is 10.6. The summed E-state index contributed by atoms with van der Waals surface area (Å²) in [4.78, 5) is 10.1. The normalized spacial score (nSPS) is 18.8. The van der Waals surface area contributed by atoms with Crippen LogP contribution in [0.25, 0.3) is 0 Å². The molecule has 0 aliphatic carbocycles. The molecular weight excluding hydrogens is 214 g/mol. The van der Waals surface area contributed by atoms with Crippen LogP contribution in [0.5, 0.6) is 0 Å². The minimum Gasteiger partial charge on any atom is -0.386 e. The van der Waals surface area contributed by atoms with Gasteiger partial charge in [-0.1, -0.05) is 6.92 Å². The van der Waals surface area contributed by atoms with Gasteiger partial charge in [-0.05, 0) is 24.9 Å². The summed E-state index contributed by atoms with van der Waals surface area (Å²) < 4.78 is 0. The molecule has 82 valence electrons. The number of hydrogen-bond acceptors (Lipinski definition) is 4. The second kappa shape index (κ2) is 3.61. The third-order valence-electron chi connectivity index (χ3n) is 2.77. The molecule has 4 nitrogen and oxygen atoms in total. The minimum absolute atomic E-state index is 0.261. The number of aliphatic hydroxyl groups is 1. The molecule has 0 atom stereocenters. The number of rotatable bonds is 2. The van der Waals surface area contributed by atoms with E-state index in [-0.39, 0.29) is 5.28 Å². The Morgan fingerprint density at radius 2 is 2.20 bits per heavy atom. The van der Waals surface area contributed by atoms with E-state index in [0.29, 0.717) is 13.1 Å². The number of anilines is 1. The van der Waals surface area contributed by atoms with Crippen LogP contribution in [-0.2, 0) is 0 Å². The number of β-amino-alcohol motifs (C(OH)–C–C–N with tert-alkyl or cyclic N) is 1. The predicted molar refractivity (Wildman–Crippen MR) is 59.2 cm³/mol. The molecule has 0 unspecified atom stereocenters. The number of nitrogens with zero attached hydrogens (tertiary/aromatic N) is 3. The standard InChI is InChI=1S/C10H14ClN3O/c1-3-10(15)5-14(6-10)8-4-7(2)12-9(11)13-8/h4,15H,3,5-6H2,1-2H3. The van der Waals surface area contributed by atoms with Crippen molar-refractivity contribution in [1.82, 2.24) is 9.97 Å². The highest BCUT2D eigenvalue weighted by Crippen LogP contribution is 2.29. The summed E-state index contributed by atoms with van der Waals surface area (Å²) in [6, 6.07) is 1.88. The minimum atomic E-state index is -0.550. The van der Waals surface area contributed by atoms with Crippen LogP contribution in [0, 0.1) is 6.92 Å². The number of hydrogen-bond donors (Lipinski definition) is 1. The summed E-state index contributed by atoms with van der Waals surface area (Å²) in [5.74, 6) is 0.797. The van der Waals surface area contributed by atoms with Crippen molar-refractivity contribution < 1.29 is 5.11 Å². The molecule has 1 aliphatic heterocycles. The summed E-state index contributed by atoms with van der Waals surface area (Å²) in [6.45, 7) is 5.10. The Kier molecular flexibility index (Phi) is 2.56. The third kappa shape index (κ3) is 2.06. The van der Waals surface area contributed by atoms with Crippen molar-refractivity contribution in [3.8, 4) is 0 Å². The second-order valence-corrected chi connectivity index (χ2v) is 4.41. The van der Waals surface area contributed by atoms with Gasteiger partial charge in [0.05, 0.1) is 5.60 Å². The van der Waals surface area contributed by atoms with Gasteiger partial charge >= 0.3 is 0 Å². The smallest absolute Gasteiger partial charge is 0.224 e. The van der Waals surface area contributed by atoms with Crippen molar-refractivity contribution in [3.63, 3.8) is 0 Å². The highest BCUT2D eigenvalue weighted by Gasteiger charge is 2.40. The topological polar surface area (TPSA) is 49.2 Å². The molecule has 0 saturated carbocycles. The van der Waals surface area contributed by atoms with Crippen LogP contribution in [0.1, 0.15) is 19.0 Å². The molecule has 1 saturated heterocycles. The quantitative estimate of drug-likeness (QED) is 0.776. The lowest BCUT2D eigenvalue weighted by atomic mass is 9.91. The summed E-state index contributed by atoms with van der Waals surface area (Å²) in [5.41, 5.74) is 0.294. The summed E-state index contributed by atoms with van der Waals surface area (Å²) >= 11 is 5.77. The fraction of sp³-hybridized carbons (Fsp3) is 0.600. The fourth-order valence-electron chi connectivity index (χ4n) is 1.73. The molecule has 2 rings (SSSR count). The highest BCUT2D eigenvalue weighted by molar-refractivity contribution is 6.28. The van der Waals surface area contributed by atoms with Gasteiger partial charge in [-0.15, -0.1) is 0 Å². The zero-order valence-electron chi connectivity index (χ0n) is 8.87. The zero-order chi connectivity index (χ0) is 11.1. The van der Waals surface area contributed by atoms with E-state index in [2.05, 4.69) is 9.97 Å². The monoisotopic (exact) mass is 227 g/mol. The third-order valence-corrected chi connectivity index (χ3v) is 2.93. The fourth-order valence-corrected chi connectivity index (χ4v) is 1.95. The second-order valence-electron chi connectivity index (χ2n) is 4.07. The Hall–Kier alpha value is -0.870. The van der Waals surface area contributed by atoms with Crippen LogP contribution in [-0.4, -0.2) is 33.8 Å². The zero-order valence-corrected chi connectivity index (χ0v) is 9.62. The van der Waals surface area contributed by atoms with Crippen molar-refractivity contribution in [3.05, 3.63) is 17.0 Å². The van der Waals surface area contributed by atoms with Crippen LogP contribution in [0.4, 0.5) is 5.82 Å². The van der Waals surface area contributed by atoms with Gasteiger partial charge in [0.15, 0.2) is 0 Å². The van der Waals surface area contributed by atoms with E-state index in [1.807, 2.05) is 24.8 Å². The Balaban J connectivity index is 2.13. The van der Waals surface area contributed by atoms with E-state index in [4.69, 9.17) is 11.6 Å². The molecule has 1 N–H and O–H groups in total. The van der Waals surface area contributed by atoms with Crippen LogP contribution < -0.4 is 4.90 Å². The average molecular weight is 228 g/mol. The Bertz CT molecular complexity index is 357. The molecule has 0 aromatic carbocycles. The van der Waals surface area contributed by atoms with Crippen LogP contribution in [0.2, 0.25) is 5.28 Å². The Labute approximate surface area is 93.9 Å². The van der Waals surface area contributed by atoms with E-state index >= 15 is 0 Å². The largest absolute Gasteiger partial charge is 0.386 e. The Morgan fingerprint density at radius 1 is 1.53 bits per heavy atom. The van der Waals surface area contributed by atoms with E-state index < -0.39 is 5.60 Å². The van der Waals surface area contributed by atoms with Crippen molar-refractivity contribution in [1.29, 1.82) is 0 Å². The van der Waals surface area contributed by atoms with Gasteiger partial charge in [0.2, 0.25) is 5.28 Å². The van der Waals surface area contributed by atoms with Crippen LogP contribution in [0.15, 0.2) is 6.07 Å². The lowest BCUT2D eigenvalue weighted by Crippen LogP contribution is -2.61. The van der Waals surface area contributed by atoms with E-state index in [1.54, 1.807) is 0 Å². The first-order valence-corrected chi connectivity index (χ1v) is 5.39. The molecule has 1 aromatic rings. The lowest BCUT2D eigenvalue weighted by molar-refractivity contribution is 0.00804. The van der Waals surface area contributed by atoms with Crippen molar-refractivity contribution in [2.45, 2.75) is 25.9 Å². The first-order chi connectivity index (χ1) is 7.02. The molecule has 1 aliphatic rings.